The molecule has 0 aliphatic carbocycles. The fourth-order valence-corrected chi connectivity index (χ4v) is 6.01. The number of anilines is 1. The van der Waals surface area contributed by atoms with Crippen LogP contribution >= 0.6 is 22.9 Å². The van der Waals surface area contributed by atoms with Gasteiger partial charge in [0.15, 0.2) is 5.13 Å². The van der Waals surface area contributed by atoms with E-state index in [0.29, 0.717) is 43.2 Å². The minimum Gasteiger partial charge on any atom is -0.497 e. The third kappa shape index (κ3) is 4.40. The Morgan fingerprint density at radius 2 is 1.81 bits per heavy atom. The number of thiazole rings is 1. The third-order valence-corrected chi connectivity index (χ3v) is 8.35. The lowest BCUT2D eigenvalue weighted by Crippen LogP contribution is -2.48. The molecule has 0 bridgehead atoms. The van der Waals surface area contributed by atoms with Crippen LogP contribution in [0.5, 0.6) is 11.5 Å². The maximum atomic E-state index is 13.8. The van der Waals surface area contributed by atoms with Crippen LogP contribution < -0.4 is 14.4 Å². The Morgan fingerprint density at radius 3 is 2.47 bits per heavy atom. The summed E-state index contributed by atoms with van der Waals surface area (Å²) in [6.45, 7) is 1.59. The number of rotatable bonds is 6. The van der Waals surface area contributed by atoms with Gasteiger partial charge in [-0.15, -0.1) is 11.3 Å². The first-order valence-electron chi connectivity index (χ1n) is 9.71. The number of sulfonamides is 1. The topological polar surface area (TPSA) is 72.0 Å². The zero-order chi connectivity index (χ0) is 22.9. The second-order valence-electron chi connectivity index (χ2n) is 7.05. The zero-order valence-corrected chi connectivity index (χ0v) is 19.8. The number of piperazine rings is 1. The molecule has 170 valence electrons. The lowest BCUT2D eigenvalue weighted by atomic mass is 10.2. The molecule has 7 nitrogen and oxygen atoms in total. The van der Waals surface area contributed by atoms with Crippen LogP contribution in [0.1, 0.15) is 0 Å². The molecular formula is C21H21ClFN3O4S2. The molecule has 1 aromatic heterocycles. The quantitative estimate of drug-likeness (QED) is 0.510. The first-order valence-corrected chi connectivity index (χ1v) is 12.4. The van der Waals surface area contributed by atoms with E-state index < -0.39 is 15.8 Å². The van der Waals surface area contributed by atoms with Crippen molar-refractivity contribution in [3.8, 4) is 22.8 Å². The first-order chi connectivity index (χ1) is 15.3. The summed E-state index contributed by atoms with van der Waals surface area (Å²) in [7, 11) is -0.789. The van der Waals surface area contributed by atoms with Crippen LogP contribution in [0.2, 0.25) is 5.02 Å². The molecule has 1 fully saturated rings. The predicted octanol–water partition coefficient (Wildman–Crippen LogP) is 4.13. The van der Waals surface area contributed by atoms with E-state index in [9.17, 15) is 12.8 Å². The van der Waals surface area contributed by atoms with E-state index in [1.165, 1.54) is 48.1 Å². The van der Waals surface area contributed by atoms with Crippen molar-refractivity contribution in [3.05, 3.63) is 52.6 Å². The Bertz CT molecular complexity index is 1230. The molecule has 0 atom stereocenters. The van der Waals surface area contributed by atoms with Crippen LogP contribution in [0.25, 0.3) is 11.3 Å². The maximum absolute atomic E-state index is 13.8. The number of methoxy groups -OCH3 is 2. The van der Waals surface area contributed by atoms with Gasteiger partial charge in [0.25, 0.3) is 0 Å². The minimum atomic E-state index is -3.73. The highest BCUT2D eigenvalue weighted by molar-refractivity contribution is 7.89. The van der Waals surface area contributed by atoms with Crippen molar-refractivity contribution in [2.24, 2.45) is 0 Å². The monoisotopic (exact) mass is 497 g/mol. The number of benzene rings is 2. The van der Waals surface area contributed by atoms with Crippen LogP contribution in [-0.2, 0) is 10.0 Å². The molecule has 0 amide bonds. The molecule has 0 unspecified atom stereocenters. The van der Waals surface area contributed by atoms with Gasteiger partial charge in [0.1, 0.15) is 22.2 Å². The number of nitrogens with zero attached hydrogens (tertiary/aromatic N) is 3. The van der Waals surface area contributed by atoms with Crippen molar-refractivity contribution in [2.45, 2.75) is 4.90 Å². The number of hydrogen-bond acceptors (Lipinski definition) is 7. The normalized spacial score (nSPS) is 15.1. The molecule has 0 spiro atoms. The van der Waals surface area contributed by atoms with E-state index >= 15 is 0 Å². The van der Waals surface area contributed by atoms with Crippen molar-refractivity contribution in [2.75, 3.05) is 45.3 Å². The maximum Gasteiger partial charge on any atom is 0.246 e. The summed E-state index contributed by atoms with van der Waals surface area (Å²) in [4.78, 5) is 6.73. The molecule has 1 aliphatic heterocycles. The van der Waals surface area contributed by atoms with Gasteiger partial charge in [0.05, 0.1) is 24.9 Å². The molecule has 1 saturated heterocycles. The molecule has 1 aliphatic rings. The molecule has 4 rings (SSSR count). The highest BCUT2D eigenvalue weighted by atomic mass is 35.5. The van der Waals surface area contributed by atoms with Crippen LogP contribution in [0.15, 0.2) is 46.7 Å². The van der Waals surface area contributed by atoms with Crippen LogP contribution in [0.4, 0.5) is 9.52 Å². The zero-order valence-electron chi connectivity index (χ0n) is 17.4. The van der Waals surface area contributed by atoms with Gasteiger partial charge in [-0.05, 0) is 24.3 Å². The summed E-state index contributed by atoms with van der Waals surface area (Å²) in [6, 6.07) is 9.23. The van der Waals surface area contributed by atoms with E-state index in [-0.39, 0.29) is 15.7 Å². The SMILES string of the molecule is COc1ccc(S(=O)(=O)N2CCN(c3nc(-c4ccc(Cl)c(F)c4)cs3)CC2)c(OC)c1. The average Bonchev–Trinajstić information content (AvgIpc) is 3.30. The predicted molar refractivity (Wildman–Crippen MR) is 123 cm³/mol. The number of aromatic nitrogens is 1. The summed E-state index contributed by atoms with van der Waals surface area (Å²) in [6.07, 6.45) is 0. The summed E-state index contributed by atoms with van der Waals surface area (Å²) in [5.41, 5.74) is 1.29. The van der Waals surface area contributed by atoms with E-state index in [0.717, 1.165) is 5.13 Å². The van der Waals surface area contributed by atoms with Gasteiger partial charge < -0.3 is 14.4 Å². The van der Waals surface area contributed by atoms with Crippen molar-refractivity contribution < 1.29 is 22.3 Å². The molecule has 0 N–H and O–H groups in total. The molecule has 32 heavy (non-hydrogen) atoms. The van der Waals surface area contributed by atoms with Gasteiger partial charge in [-0.3, -0.25) is 0 Å². The lowest BCUT2D eigenvalue weighted by molar-refractivity contribution is 0.370. The van der Waals surface area contributed by atoms with Crippen molar-refractivity contribution in [1.82, 2.24) is 9.29 Å². The number of hydrogen-bond donors (Lipinski definition) is 0. The Balaban J connectivity index is 1.48. The summed E-state index contributed by atoms with van der Waals surface area (Å²) >= 11 is 7.19. The molecule has 2 heterocycles. The lowest BCUT2D eigenvalue weighted by Gasteiger charge is -2.34. The molecule has 0 saturated carbocycles. The average molecular weight is 498 g/mol. The van der Waals surface area contributed by atoms with Crippen LogP contribution in [0, 0.1) is 5.82 Å². The smallest absolute Gasteiger partial charge is 0.246 e. The van der Waals surface area contributed by atoms with E-state index in [4.69, 9.17) is 21.1 Å². The van der Waals surface area contributed by atoms with Gasteiger partial charge in [0, 0.05) is 43.2 Å². The Labute approximate surface area is 195 Å². The minimum absolute atomic E-state index is 0.0648. The summed E-state index contributed by atoms with van der Waals surface area (Å²) in [5, 5.41) is 2.67. The van der Waals surface area contributed by atoms with E-state index in [2.05, 4.69) is 4.98 Å². The molecular weight excluding hydrogens is 477 g/mol. The van der Waals surface area contributed by atoms with Crippen molar-refractivity contribution in [1.29, 1.82) is 0 Å². The Morgan fingerprint density at radius 1 is 1.06 bits per heavy atom. The fraction of sp³-hybridized carbons (Fsp3) is 0.286. The first kappa shape index (κ1) is 22.8. The fourth-order valence-electron chi connectivity index (χ4n) is 3.44. The van der Waals surface area contributed by atoms with Gasteiger partial charge >= 0.3 is 0 Å². The standard InChI is InChI=1S/C21H21ClFN3O4S2/c1-29-15-4-6-20(19(12-15)30-2)32(27,28)26-9-7-25(8-10-26)21-24-18(13-31-21)14-3-5-16(22)17(23)11-14/h3-6,11-13H,7-10H2,1-2H3. The second-order valence-corrected chi connectivity index (χ2v) is 10.2. The molecule has 2 aromatic carbocycles. The molecule has 0 radical (unpaired) electrons. The number of halogens is 2. The van der Waals surface area contributed by atoms with Gasteiger partial charge in [-0.1, -0.05) is 17.7 Å². The van der Waals surface area contributed by atoms with Gasteiger partial charge in [-0.2, -0.15) is 4.31 Å². The number of ether oxygens (including phenoxy) is 2. The molecule has 3 aromatic rings. The third-order valence-electron chi connectivity index (χ3n) is 5.21. The van der Waals surface area contributed by atoms with Crippen LogP contribution in [0.3, 0.4) is 0 Å². The Hall–Kier alpha value is -2.40. The highest BCUT2D eigenvalue weighted by Crippen LogP contribution is 2.33. The van der Waals surface area contributed by atoms with Crippen molar-refractivity contribution >= 4 is 38.1 Å². The second kappa shape index (κ2) is 9.22. The van der Waals surface area contributed by atoms with E-state index in [1.54, 1.807) is 18.2 Å². The Kier molecular flexibility index (Phi) is 6.57. The van der Waals surface area contributed by atoms with Crippen LogP contribution in [-0.4, -0.2) is 58.1 Å². The summed E-state index contributed by atoms with van der Waals surface area (Å²) in [5.74, 6) is 0.267. The van der Waals surface area contributed by atoms with Crippen molar-refractivity contribution in [3.63, 3.8) is 0 Å². The largest absolute Gasteiger partial charge is 0.497 e. The molecule has 11 heteroatoms. The van der Waals surface area contributed by atoms with E-state index in [1.807, 2.05) is 10.3 Å². The van der Waals surface area contributed by atoms with Gasteiger partial charge in [-0.25, -0.2) is 17.8 Å². The van der Waals surface area contributed by atoms with Gasteiger partial charge in [0.2, 0.25) is 10.0 Å². The highest BCUT2D eigenvalue weighted by Gasteiger charge is 2.31. The summed E-state index contributed by atoms with van der Waals surface area (Å²) < 4.78 is 52.0.